The number of benzene rings is 6. The van der Waals surface area contributed by atoms with Crippen molar-refractivity contribution < 1.29 is 41.2 Å². The Morgan fingerprint density at radius 2 is 0.804 bits per heavy atom. The van der Waals surface area contributed by atoms with E-state index in [2.05, 4.69) is 38.1 Å². The molecule has 5 nitrogen and oxygen atoms in total. The van der Waals surface area contributed by atoms with Crippen molar-refractivity contribution in [3.8, 4) is 22.6 Å². The highest BCUT2D eigenvalue weighted by atomic mass is 79.9. The first-order valence-electron chi connectivity index (χ1n) is 20.0. The van der Waals surface area contributed by atoms with Gasteiger partial charge < -0.3 is 41.2 Å². The molecule has 288 valence electrons. The Hall–Kier alpha value is -4.72. The highest BCUT2D eigenvalue weighted by molar-refractivity contribution is 5.85. The van der Waals surface area contributed by atoms with Gasteiger partial charge in [-0.25, -0.2) is 0 Å². The number of aliphatic hydroxyl groups is 2. The summed E-state index contributed by atoms with van der Waals surface area (Å²) in [6, 6.07) is 48.5. The molecule has 6 aromatic rings. The molecule has 0 unspecified atom stereocenters. The smallest absolute Gasteiger partial charge is 0.141 e. The van der Waals surface area contributed by atoms with E-state index < -0.39 is 11.2 Å². The van der Waals surface area contributed by atoms with Gasteiger partial charge in [-0.3, -0.25) is 0 Å². The average molecular weight is 811 g/mol. The lowest BCUT2D eigenvalue weighted by Gasteiger charge is -2.41. The van der Waals surface area contributed by atoms with E-state index >= 15 is 0 Å². The van der Waals surface area contributed by atoms with Crippen molar-refractivity contribution in [1.82, 2.24) is 0 Å². The zero-order valence-electron chi connectivity index (χ0n) is 32.5. The van der Waals surface area contributed by atoms with Crippen LogP contribution in [0.2, 0.25) is 0 Å². The molecule has 0 saturated heterocycles. The fourth-order valence-corrected chi connectivity index (χ4v) is 9.17. The lowest BCUT2D eigenvalue weighted by Crippen LogP contribution is -3.00. The summed E-state index contributed by atoms with van der Waals surface area (Å²) in [7, 11) is 0. The largest absolute Gasteiger partial charge is 1.00 e. The SMILES string of the molecule is CCCC[N+]1(CCCC)Cc2c(C(O)(c3ccccc3)c3ccccc3)ccc3c2-c2c(ccc(C(O)(c4ccccc4)c4ccccc4)c2C1)OCCO3.[Br-]. The van der Waals surface area contributed by atoms with Crippen LogP contribution in [-0.2, 0) is 24.3 Å². The molecule has 56 heavy (non-hydrogen) atoms. The Labute approximate surface area is 342 Å². The molecule has 2 aliphatic rings. The van der Waals surface area contributed by atoms with Crippen LogP contribution in [0.5, 0.6) is 11.5 Å². The number of rotatable bonds is 12. The molecule has 0 atom stereocenters. The summed E-state index contributed by atoms with van der Waals surface area (Å²) >= 11 is 0. The summed E-state index contributed by atoms with van der Waals surface area (Å²) in [5.41, 5.74) is 6.01. The molecule has 0 spiro atoms. The number of halogens is 1. The molecule has 8 rings (SSSR count). The zero-order chi connectivity index (χ0) is 37.9. The van der Waals surface area contributed by atoms with E-state index in [4.69, 9.17) is 9.47 Å². The minimum absolute atomic E-state index is 0. The van der Waals surface area contributed by atoms with Crippen molar-refractivity contribution in [3.63, 3.8) is 0 Å². The molecule has 6 aromatic carbocycles. The van der Waals surface area contributed by atoms with Crippen LogP contribution in [0.1, 0.15) is 84.0 Å². The van der Waals surface area contributed by atoms with Crippen LogP contribution in [0, 0.1) is 0 Å². The first kappa shape index (κ1) is 39.5. The van der Waals surface area contributed by atoms with Crippen LogP contribution >= 0.6 is 0 Å². The summed E-state index contributed by atoms with van der Waals surface area (Å²) in [5, 5.41) is 27.0. The fraction of sp³-hybridized carbons (Fsp3) is 0.280. The number of unbranched alkanes of at least 4 members (excludes halogenated alkanes) is 2. The monoisotopic (exact) mass is 809 g/mol. The summed E-state index contributed by atoms with van der Waals surface area (Å²) < 4.78 is 14.0. The van der Waals surface area contributed by atoms with E-state index in [-0.39, 0.29) is 17.0 Å². The van der Waals surface area contributed by atoms with Gasteiger partial charge in [-0.05, 0) is 47.2 Å². The van der Waals surface area contributed by atoms with Crippen LogP contribution in [0.3, 0.4) is 0 Å². The Bertz CT molecular complexity index is 1990. The zero-order valence-corrected chi connectivity index (χ0v) is 34.0. The molecule has 0 aliphatic carbocycles. The third-order valence-corrected chi connectivity index (χ3v) is 11.9. The van der Waals surface area contributed by atoms with Gasteiger partial charge in [0.2, 0.25) is 0 Å². The third-order valence-electron chi connectivity index (χ3n) is 11.9. The molecule has 2 N–H and O–H groups in total. The summed E-state index contributed by atoms with van der Waals surface area (Å²) in [4.78, 5) is 0. The standard InChI is InChI=1S/C50H52NO4.BrH/c1-3-5-31-51(32-6-4-2)35-41-43(49(52,37-19-11-7-12-20-37)38-21-13-8-14-22-38)27-29-45-47(41)48-42(36-51)44(28-30-46(48)55-34-33-54-45)50(53,39-23-15-9-16-24-39)40-25-17-10-18-26-40;/h7-30,52-53H,3-6,31-36H2,1-2H3;1H/q+1;/p-1. The van der Waals surface area contributed by atoms with Crippen molar-refractivity contribution in [1.29, 1.82) is 0 Å². The highest BCUT2D eigenvalue weighted by Crippen LogP contribution is 2.54. The maximum absolute atomic E-state index is 13.5. The molecule has 0 fully saturated rings. The van der Waals surface area contributed by atoms with E-state index in [0.717, 1.165) is 110 Å². The molecule has 0 amide bonds. The van der Waals surface area contributed by atoms with Gasteiger partial charge in [-0.15, -0.1) is 0 Å². The lowest BCUT2D eigenvalue weighted by molar-refractivity contribution is -0.953. The Balaban J connectivity index is 0.00000480. The van der Waals surface area contributed by atoms with Crippen LogP contribution in [0.4, 0.5) is 0 Å². The second kappa shape index (κ2) is 16.8. The van der Waals surface area contributed by atoms with Gasteiger partial charge in [0.15, 0.2) is 0 Å². The quantitative estimate of drug-likeness (QED) is 0.102. The van der Waals surface area contributed by atoms with Gasteiger partial charge >= 0.3 is 0 Å². The number of ether oxygens (including phenoxy) is 2. The molecular weight excluding hydrogens is 758 g/mol. The van der Waals surface area contributed by atoms with Gasteiger partial charge in [0.25, 0.3) is 0 Å². The topological polar surface area (TPSA) is 58.9 Å². The maximum Gasteiger partial charge on any atom is 0.141 e. The van der Waals surface area contributed by atoms with Crippen molar-refractivity contribution in [2.24, 2.45) is 0 Å². The van der Waals surface area contributed by atoms with Gasteiger partial charge in [0.1, 0.15) is 49.0 Å². The van der Waals surface area contributed by atoms with Crippen LogP contribution < -0.4 is 26.5 Å². The summed E-state index contributed by atoms with van der Waals surface area (Å²) in [5.74, 6) is 1.55. The average Bonchev–Trinajstić information content (AvgIpc) is 3.39. The normalized spacial score (nSPS) is 14.5. The molecule has 0 aromatic heterocycles. The van der Waals surface area contributed by atoms with Crippen molar-refractivity contribution >= 4 is 0 Å². The van der Waals surface area contributed by atoms with Gasteiger partial charge in [0.05, 0.1) is 13.1 Å². The predicted molar refractivity (Wildman–Crippen MR) is 220 cm³/mol. The maximum atomic E-state index is 13.5. The molecule has 0 bridgehead atoms. The lowest BCUT2D eigenvalue weighted by atomic mass is 9.74. The van der Waals surface area contributed by atoms with Crippen molar-refractivity contribution in [2.75, 3.05) is 26.3 Å². The van der Waals surface area contributed by atoms with E-state index in [1.807, 2.05) is 121 Å². The fourth-order valence-electron chi connectivity index (χ4n) is 9.17. The number of hydrogen-bond donors (Lipinski definition) is 2. The highest BCUT2D eigenvalue weighted by Gasteiger charge is 2.46. The summed E-state index contributed by atoms with van der Waals surface area (Å²) in [6.45, 7) is 8.60. The third kappa shape index (κ3) is 6.98. The second-order valence-electron chi connectivity index (χ2n) is 15.3. The molecular formula is C50H52BrNO4. The Kier molecular flexibility index (Phi) is 11.8. The predicted octanol–water partition coefficient (Wildman–Crippen LogP) is 7.13. The minimum atomic E-state index is -1.46. The number of quaternary nitrogens is 1. The number of nitrogens with zero attached hydrogens (tertiary/aromatic N) is 1. The van der Waals surface area contributed by atoms with E-state index in [9.17, 15) is 10.2 Å². The van der Waals surface area contributed by atoms with Crippen LogP contribution in [-0.4, -0.2) is 41.0 Å². The Morgan fingerprint density at radius 3 is 1.11 bits per heavy atom. The van der Waals surface area contributed by atoms with E-state index in [0.29, 0.717) is 26.3 Å². The molecule has 0 radical (unpaired) electrons. The van der Waals surface area contributed by atoms with E-state index in [1.165, 1.54) is 0 Å². The van der Waals surface area contributed by atoms with E-state index in [1.54, 1.807) is 0 Å². The molecule has 6 heteroatoms. The van der Waals surface area contributed by atoms with Crippen molar-refractivity contribution in [2.45, 2.75) is 63.8 Å². The second-order valence-corrected chi connectivity index (χ2v) is 15.3. The van der Waals surface area contributed by atoms with Gasteiger partial charge in [-0.1, -0.05) is 160 Å². The van der Waals surface area contributed by atoms with Gasteiger partial charge in [-0.2, -0.15) is 0 Å². The number of hydrogen-bond acceptors (Lipinski definition) is 4. The Morgan fingerprint density at radius 1 is 0.482 bits per heavy atom. The van der Waals surface area contributed by atoms with Crippen LogP contribution in [0.15, 0.2) is 146 Å². The molecule has 0 saturated carbocycles. The van der Waals surface area contributed by atoms with Crippen molar-refractivity contribution in [3.05, 3.63) is 190 Å². The summed E-state index contributed by atoms with van der Waals surface area (Å²) in [6.07, 6.45) is 4.23. The first-order chi connectivity index (χ1) is 26.9. The van der Waals surface area contributed by atoms with Crippen LogP contribution in [0.25, 0.3) is 11.1 Å². The molecule has 2 aliphatic heterocycles. The minimum Gasteiger partial charge on any atom is -1.00 e. The first-order valence-corrected chi connectivity index (χ1v) is 20.0. The van der Waals surface area contributed by atoms with Gasteiger partial charge in [0, 0.05) is 33.4 Å². The molecule has 2 heterocycles.